The van der Waals surface area contributed by atoms with Crippen LogP contribution in [-0.2, 0) is 28.8 Å². The van der Waals surface area contributed by atoms with Gasteiger partial charge in [-0.25, -0.2) is 43.4 Å². The van der Waals surface area contributed by atoms with Crippen molar-refractivity contribution in [3.8, 4) is 22.8 Å². The molecule has 2 aromatic carbocycles. The van der Waals surface area contributed by atoms with E-state index in [1.54, 1.807) is 6.33 Å². The van der Waals surface area contributed by atoms with E-state index in [4.69, 9.17) is 46.2 Å². The summed E-state index contributed by atoms with van der Waals surface area (Å²) in [5, 5.41) is 56.2. The molecular weight excluding hydrogens is 774 g/mol. The first kappa shape index (κ1) is 45.9. The molecule has 0 unspecified atom stereocenters. The molecule has 9 N–H and O–H groups in total. The van der Waals surface area contributed by atoms with E-state index in [-0.39, 0.29) is 0 Å². The third kappa shape index (κ3) is 16.3. The Balaban J connectivity index is 0.000000317. The van der Waals surface area contributed by atoms with Crippen molar-refractivity contribution in [1.29, 1.82) is 0 Å². The lowest BCUT2D eigenvalue weighted by Crippen LogP contribution is -2.46. The van der Waals surface area contributed by atoms with E-state index in [0.29, 0.717) is 54.4 Å². The van der Waals surface area contributed by atoms with Gasteiger partial charge in [-0.2, -0.15) is 5.10 Å². The lowest BCUT2D eigenvalue weighted by atomic mass is 9.99. The van der Waals surface area contributed by atoms with Crippen LogP contribution in [0.1, 0.15) is 31.7 Å². The molecule has 4 aromatic rings. The van der Waals surface area contributed by atoms with Gasteiger partial charge in [0, 0.05) is 61.2 Å². The molecular formula is C39H43N7O13. The fraction of sp³-hybridized carbons (Fsp3) is 0.256. The monoisotopic (exact) mass is 817 g/mol. The van der Waals surface area contributed by atoms with Crippen molar-refractivity contribution >= 4 is 52.7 Å². The van der Waals surface area contributed by atoms with Crippen molar-refractivity contribution in [2.45, 2.75) is 37.8 Å². The number of nitrogens with zero attached hydrogens (tertiary/aromatic N) is 5. The van der Waals surface area contributed by atoms with Crippen molar-refractivity contribution in [3.63, 3.8) is 0 Å². The number of nitrogens with two attached hydrogens (primary N) is 1. The maximum absolute atomic E-state index is 9.55. The average Bonchev–Trinajstić information content (AvgIpc) is 3.61. The standard InChI is InChI=1S/C27H31N7O.3C4H4O4/c28-26-24-25(19-6-8-23(9-7-19)35-22-4-2-1-3-5-22)32-34(27(24)31-18-30-26)21-12-16-33(17-13-21)20-10-14-29-15-11-20;3*5-3(6)1-2-4(7)8/h1-9,18,20-21,29H,10-17H2,(H2,28,30,31);3*1-2H,(H,5,6)(H,7,8)/b;3*2-1-. The molecule has 59 heavy (non-hydrogen) atoms. The van der Waals surface area contributed by atoms with Crippen LogP contribution in [-0.4, -0.2) is 123 Å². The van der Waals surface area contributed by atoms with Gasteiger partial charge < -0.3 is 51.3 Å². The van der Waals surface area contributed by atoms with Crippen molar-refractivity contribution in [2.75, 3.05) is 31.9 Å². The van der Waals surface area contributed by atoms with Crippen LogP contribution < -0.4 is 15.8 Å². The van der Waals surface area contributed by atoms with E-state index in [1.807, 2.05) is 54.6 Å². The van der Waals surface area contributed by atoms with Gasteiger partial charge in [-0.1, -0.05) is 18.2 Å². The highest BCUT2D eigenvalue weighted by Gasteiger charge is 2.29. The third-order valence-electron chi connectivity index (χ3n) is 8.40. The molecule has 2 aliphatic rings. The summed E-state index contributed by atoms with van der Waals surface area (Å²) in [6, 6.07) is 18.8. The number of hydrogen-bond acceptors (Lipinski definition) is 13. The lowest BCUT2D eigenvalue weighted by Gasteiger charge is -2.39. The number of fused-ring (bicyclic) bond motifs is 1. The molecule has 0 radical (unpaired) electrons. The van der Waals surface area contributed by atoms with Crippen LogP contribution in [0.2, 0.25) is 0 Å². The van der Waals surface area contributed by atoms with E-state index in [1.165, 1.54) is 12.8 Å². The Morgan fingerprint density at radius 2 is 1.08 bits per heavy atom. The molecule has 2 fully saturated rings. The minimum absolute atomic E-state index is 0.305. The fourth-order valence-electron chi connectivity index (χ4n) is 5.85. The smallest absolute Gasteiger partial charge is 0.328 e. The summed E-state index contributed by atoms with van der Waals surface area (Å²) in [5.74, 6) is -5.49. The van der Waals surface area contributed by atoms with Crippen LogP contribution in [0.3, 0.4) is 0 Å². The van der Waals surface area contributed by atoms with Crippen LogP contribution in [0, 0.1) is 0 Å². The molecule has 0 amide bonds. The number of para-hydroxylation sites is 1. The number of ether oxygens (including phenoxy) is 1. The quantitative estimate of drug-likeness (QED) is 0.101. The van der Waals surface area contributed by atoms with Gasteiger partial charge in [0.1, 0.15) is 29.3 Å². The van der Waals surface area contributed by atoms with Gasteiger partial charge >= 0.3 is 35.8 Å². The topological polar surface area (TPSA) is 318 Å². The van der Waals surface area contributed by atoms with Crippen molar-refractivity contribution in [2.24, 2.45) is 0 Å². The highest BCUT2D eigenvalue weighted by molar-refractivity contribution is 5.98. The third-order valence-corrected chi connectivity index (χ3v) is 8.40. The Hall–Kier alpha value is -7.45. The molecule has 6 rings (SSSR count). The minimum Gasteiger partial charge on any atom is -0.478 e. The molecule has 312 valence electrons. The SMILES string of the molecule is Nc1ncnc2c1c(-c1ccc(Oc3ccccc3)cc1)nn2C1CCN(C2CCNCC2)CC1.O=C(O)/C=C\C(=O)O.O=C(O)/C=C\C(=O)O.O=C(O)/C=C\C(=O)O. The van der Waals surface area contributed by atoms with Crippen molar-refractivity contribution in [1.82, 2.24) is 30.0 Å². The van der Waals surface area contributed by atoms with Crippen molar-refractivity contribution in [3.05, 3.63) is 97.4 Å². The number of benzene rings is 2. The molecule has 0 saturated carbocycles. The Labute approximate surface area is 336 Å². The second-order valence-corrected chi connectivity index (χ2v) is 12.5. The van der Waals surface area contributed by atoms with Crippen LogP contribution in [0.5, 0.6) is 11.5 Å². The zero-order valence-electron chi connectivity index (χ0n) is 31.4. The van der Waals surface area contributed by atoms with Crippen molar-refractivity contribution < 1.29 is 64.1 Å². The number of aromatic nitrogens is 4. The summed E-state index contributed by atoms with van der Waals surface area (Å²) in [5.41, 5.74) is 8.96. The van der Waals surface area contributed by atoms with E-state index < -0.39 is 35.8 Å². The van der Waals surface area contributed by atoms with E-state index in [9.17, 15) is 28.8 Å². The van der Waals surface area contributed by atoms with E-state index in [2.05, 4.69) is 24.9 Å². The van der Waals surface area contributed by atoms with Crippen LogP contribution in [0.4, 0.5) is 5.82 Å². The van der Waals surface area contributed by atoms with Gasteiger partial charge in [-0.15, -0.1) is 0 Å². The van der Waals surface area contributed by atoms with Gasteiger partial charge in [0.05, 0.1) is 11.4 Å². The summed E-state index contributed by atoms with van der Waals surface area (Å²) < 4.78 is 8.05. The maximum atomic E-state index is 9.55. The lowest BCUT2D eigenvalue weighted by molar-refractivity contribution is -0.134. The normalized spacial score (nSPS) is 14.6. The summed E-state index contributed by atoms with van der Waals surface area (Å²) in [6.45, 7) is 4.45. The number of nitrogens with one attached hydrogen (secondary N) is 1. The zero-order valence-corrected chi connectivity index (χ0v) is 31.4. The number of carbonyl (C=O) groups is 6. The molecule has 0 aliphatic carbocycles. The molecule has 20 nitrogen and oxygen atoms in total. The fourth-order valence-corrected chi connectivity index (χ4v) is 5.85. The highest BCUT2D eigenvalue weighted by Crippen LogP contribution is 2.35. The predicted octanol–water partition coefficient (Wildman–Crippen LogP) is 3.39. The predicted molar refractivity (Wildman–Crippen MR) is 211 cm³/mol. The first-order valence-corrected chi connectivity index (χ1v) is 17.8. The largest absolute Gasteiger partial charge is 0.478 e. The highest BCUT2D eigenvalue weighted by atomic mass is 16.5. The Bertz CT molecular complexity index is 2010. The second-order valence-electron chi connectivity index (χ2n) is 12.5. The number of hydrogen-bond donors (Lipinski definition) is 8. The molecule has 2 aliphatic heterocycles. The van der Waals surface area contributed by atoms with Crippen LogP contribution in [0.25, 0.3) is 22.3 Å². The Kier molecular flexibility index (Phi) is 18.4. The molecule has 2 saturated heterocycles. The maximum Gasteiger partial charge on any atom is 0.328 e. The first-order chi connectivity index (χ1) is 28.1. The molecule has 20 heteroatoms. The summed E-state index contributed by atoms with van der Waals surface area (Å²) >= 11 is 0. The van der Waals surface area contributed by atoms with E-state index >= 15 is 0 Å². The number of carboxylic acid groups (broad SMARTS) is 6. The zero-order chi connectivity index (χ0) is 43.3. The second kappa shape index (κ2) is 23.6. The Morgan fingerprint density at radius 1 is 0.627 bits per heavy atom. The molecule has 0 bridgehead atoms. The number of carboxylic acids is 6. The number of rotatable bonds is 11. The summed E-state index contributed by atoms with van der Waals surface area (Å²) in [7, 11) is 0. The first-order valence-electron chi connectivity index (χ1n) is 17.8. The minimum atomic E-state index is -1.26. The molecule has 2 aromatic heterocycles. The number of anilines is 1. The van der Waals surface area contributed by atoms with Crippen LogP contribution >= 0.6 is 0 Å². The molecule has 4 heterocycles. The average molecular weight is 818 g/mol. The molecule has 0 atom stereocenters. The number of likely N-dealkylation sites (tertiary alicyclic amines) is 1. The summed E-state index contributed by atoms with van der Waals surface area (Å²) in [6.07, 6.45) is 9.50. The number of nitrogen functional groups attached to an aromatic ring is 1. The van der Waals surface area contributed by atoms with Gasteiger partial charge in [-0.3, -0.25) is 0 Å². The van der Waals surface area contributed by atoms with Gasteiger partial charge in [0.2, 0.25) is 0 Å². The number of piperidine rings is 2. The molecule has 0 spiro atoms. The number of aliphatic carboxylic acids is 6. The van der Waals surface area contributed by atoms with E-state index in [0.717, 1.165) is 72.8 Å². The Morgan fingerprint density at radius 3 is 1.54 bits per heavy atom. The van der Waals surface area contributed by atoms with Gasteiger partial charge in [-0.05, 0) is 75.2 Å². The van der Waals surface area contributed by atoms with Gasteiger partial charge in [0.15, 0.2) is 5.65 Å². The summed E-state index contributed by atoms with van der Waals surface area (Å²) in [4.78, 5) is 68.9. The van der Waals surface area contributed by atoms with Gasteiger partial charge in [0.25, 0.3) is 0 Å². The van der Waals surface area contributed by atoms with Crippen LogP contribution in [0.15, 0.2) is 97.4 Å².